The van der Waals surface area contributed by atoms with E-state index >= 15 is 8.78 Å². The summed E-state index contributed by atoms with van der Waals surface area (Å²) >= 11 is 6.46. The van der Waals surface area contributed by atoms with E-state index in [4.69, 9.17) is 21.1 Å². The van der Waals surface area contributed by atoms with Crippen LogP contribution in [-0.2, 0) is 16.6 Å². The Morgan fingerprint density at radius 1 is 1.12 bits per heavy atom. The standard InChI is InChI=1S/C30H34ClF3N4O4S/c1-30(12-6-13-36(30)2)20-11-14-37(18-20)23-16-22(32)29(28(34)27(23)31)43(39,40)38(26-8-5-7-25(33)35-26)17-19-9-10-21(41-3)15-24(19)42-4/h5,7-10,15-16,20H,6,11-14,17-18H2,1-4H3. The highest BCUT2D eigenvalue weighted by atomic mass is 35.5. The molecule has 2 fully saturated rings. The Hall–Kier alpha value is -3.22. The molecule has 2 aliphatic heterocycles. The quantitative estimate of drug-likeness (QED) is 0.214. The molecule has 43 heavy (non-hydrogen) atoms. The Bertz CT molecular complexity index is 1630. The summed E-state index contributed by atoms with van der Waals surface area (Å²) in [5.41, 5.74) is 0.368. The smallest absolute Gasteiger partial charge is 0.271 e. The van der Waals surface area contributed by atoms with E-state index in [0.717, 1.165) is 37.9 Å². The molecule has 0 spiro atoms. The molecule has 3 heterocycles. The lowest BCUT2D eigenvalue weighted by Crippen LogP contribution is -2.46. The van der Waals surface area contributed by atoms with Crippen molar-refractivity contribution < 1.29 is 31.1 Å². The molecule has 8 nitrogen and oxygen atoms in total. The zero-order valence-corrected chi connectivity index (χ0v) is 26.0. The molecule has 0 bridgehead atoms. The van der Waals surface area contributed by atoms with Gasteiger partial charge in [0.1, 0.15) is 28.2 Å². The lowest BCUT2D eigenvalue weighted by Gasteiger charge is -2.38. The van der Waals surface area contributed by atoms with Gasteiger partial charge < -0.3 is 19.3 Å². The third kappa shape index (κ3) is 5.72. The summed E-state index contributed by atoms with van der Waals surface area (Å²) in [6, 6.07) is 9.11. The predicted octanol–water partition coefficient (Wildman–Crippen LogP) is 5.88. The first-order chi connectivity index (χ1) is 20.4. The zero-order chi connectivity index (χ0) is 31.1. The van der Waals surface area contributed by atoms with Gasteiger partial charge in [-0.15, -0.1) is 0 Å². The van der Waals surface area contributed by atoms with Crippen LogP contribution >= 0.6 is 11.6 Å². The summed E-state index contributed by atoms with van der Waals surface area (Å²) in [5.74, 6) is -3.15. The number of ether oxygens (including phenoxy) is 2. The highest BCUT2D eigenvalue weighted by molar-refractivity contribution is 7.92. The molecule has 2 saturated heterocycles. The van der Waals surface area contributed by atoms with Crippen LogP contribution in [0.25, 0.3) is 0 Å². The number of methoxy groups -OCH3 is 2. The van der Waals surface area contributed by atoms with Crippen LogP contribution in [0, 0.1) is 23.5 Å². The fourth-order valence-electron chi connectivity index (χ4n) is 6.23. The van der Waals surface area contributed by atoms with Gasteiger partial charge in [0.2, 0.25) is 5.95 Å². The van der Waals surface area contributed by atoms with Crippen molar-refractivity contribution >= 4 is 33.1 Å². The molecule has 0 saturated carbocycles. The molecule has 2 aliphatic rings. The van der Waals surface area contributed by atoms with Gasteiger partial charge in [0.05, 0.1) is 26.5 Å². The van der Waals surface area contributed by atoms with Crippen molar-refractivity contribution in [2.24, 2.45) is 5.92 Å². The second-order valence-electron chi connectivity index (χ2n) is 11.2. The molecule has 13 heteroatoms. The van der Waals surface area contributed by atoms with Gasteiger partial charge in [0.15, 0.2) is 10.7 Å². The second kappa shape index (κ2) is 12.0. The van der Waals surface area contributed by atoms with E-state index in [2.05, 4.69) is 23.9 Å². The molecule has 232 valence electrons. The Labute approximate surface area is 255 Å². The Morgan fingerprint density at radius 3 is 2.53 bits per heavy atom. The van der Waals surface area contributed by atoms with Crippen LogP contribution in [0.15, 0.2) is 47.4 Å². The largest absolute Gasteiger partial charge is 0.497 e. The second-order valence-corrected chi connectivity index (χ2v) is 13.3. The predicted molar refractivity (Wildman–Crippen MR) is 159 cm³/mol. The minimum atomic E-state index is -5.02. The number of benzene rings is 2. The first-order valence-corrected chi connectivity index (χ1v) is 15.7. The van der Waals surface area contributed by atoms with Gasteiger partial charge in [0.25, 0.3) is 10.0 Å². The number of nitrogens with zero attached hydrogens (tertiary/aromatic N) is 4. The first kappa shape index (κ1) is 31.2. The van der Waals surface area contributed by atoms with E-state index in [1.807, 2.05) is 0 Å². The Kier molecular flexibility index (Phi) is 8.75. The molecule has 2 aromatic carbocycles. The highest BCUT2D eigenvalue weighted by Crippen LogP contribution is 2.43. The topological polar surface area (TPSA) is 75.2 Å². The molecule has 0 radical (unpaired) electrons. The van der Waals surface area contributed by atoms with Crippen LogP contribution < -0.4 is 18.7 Å². The van der Waals surface area contributed by atoms with E-state index in [0.29, 0.717) is 28.7 Å². The molecule has 0 amide bonds. The van der Waals surface area contributed by atoms with E-state index in [1.54, 1.807) is 11.0 Å². The van der Waals surface area contributed by atoms with Crippen molar-refractivity contribution in [3.63, 3.8) is 0 Å². The average Bonchev–Trinajstić information content (AvgIpc) is 3.61. The van der Waals surface area contributed by atoms with Crippen LogP contribution in [0.2, 0.25) is 5.02 Å². The number of hydrogen-bond acceptors (Lipinski definition) is 7. The van der Waals surface area contributed by atoms with E-state index in [-0.39, 0.29) is 28.7 Å². The van der Waals surface area contributed by atoms with Crippen molar-refractivity contribution in [3.8, 4) is 11.5 Å². The van der Waals surface area contributed by atoms with Gasteiger partial charge in [0, 0.05) is 36.3 Å². The van der Waals surface area contributed by atoms with Crippen molar-refractivity contribution in [1.29, 1.82) is 0 Å². The van der Waals surface area contributed by atoms with Crippen LogP contribution in [0.3, 0.4) is 0 Å². The fourth-order valence-corrected chi connectivity index (χ4v) is 8.06. The molecule has 0 N–H and O–H groups in total. The van der Waals surface area contributed by atoms with Crippen LogP contribution in [0.5, 0.6) is 11.5 Å². The van der Waals surface area contributed by atoms with Gasteiger partial charge in [-0.2, -0.15) is 4.39 Å². The number of halogens is 4. The molecule has 3 aromatic rings. The summed E-state index contributed by atoms with van der Waals surface area (Å²) < 4.78 is 85.3. The monoisotopic (exact) mass is 638 g/mol. The van der Waals surface area contributed by atoms with E-state index < -0.39 is 44.1 Å². The average molecular weight is 639 g/mol. The maximum Gasteiger partial charge on any atom is 0.271 e. The number of anilines is 2. The van der Waals surface area contributed by atoms with Gasteiger partial charge in [-0.25, -0.2) is 26.5 Å². The van der Waals surface area contributed by atoms with E-state index in [9.17, 15) is 12.8 Å². The van der Waals surface area contributed by atoms with Crippen molar-refractivity contribution in [1.82, 2.24) is 9.88 Å². The van der Waals surface area contributed by atoms with Gasteiger partial charge in [-0.3, -0.25) is 0 Å². The van der Waals surface area contributed by atoms with Gasteiger partial charge in [-0.1, -0.05) is 17.7 Å². The molecule has 2 atom stereocenters. The Morgan fingerprint density at radius 2 is 1.88 bits per heavy atom. The van der Waals surface area contributed by atoms with Crippen LogP contribution in [-0.4, -0.2) is 64.7 Å². The maximum absolute atomic E-state index is 16.0. The van der Waals surface area contributed by atoms with Crippen LogP contribution in [0.4, 0.5) is 24.7 Å². The molecule has 1 aromatic heterocycles. The lowest BCUT2D eigenvalue weighted by atomic mass is 9.83. The number of hydrogen-bond donors (Lipinski definition) is 0. The van der Waals surface area contributed by atoms with Gasteiger partial charge in [-0.05, 0) is 70.0 Å². The van der Waals surface area contributed by atoms with Gasteiger partial charge >= 0.3 is 0 Å². The Balaban J connectivity index is 1.54. The lowest BCUT2D eigenvalue weighted by molar-refractivity contribution is 0.127. The summed E-state index contributed by atoms with van der Waals surface area (Å²) in [4.78, 5) is 6.58. The summed E-state index contributed by atoms with van der Waals surface area (Å²) in [6.07, 6.45) is 2.92. The maximum atomic E-state index is 16.0. The minimum absolute atomic E-state index is 0.0391. The van der Waals surface area contributed by atoms with Crippen molar-refractivity contribution in [2.45, 2.75) is 43.2 Å². The summed E-state index contributed by atoms with van der Waals surface area (Å²) in [6.45, 7) is 3.77. The number of likely N-dealkylation sites (tertiary alicyclic amines) is 1. The number of sulfonamides is 1. The molecular weight excluding hydrogens is 605 g/mol. The van der Waals surface area contributed by atoms with Crippen LogP contribution in [0.1, 0.15) is 31.7 Å². The molecule has 2 unspecified atom stereocenters. The third-order valence-corrected chi connectivity index (χ3v) is 11.0. The highest BCUT2D eigenvalue weighted by Gasteiger charge is 2.45. The fraction of sp³-hybridized carbons (Fsp3) is 0.433. The number of aromatic nitrogens is 1. The molecule has 5 rings (SSSR count). The number of rotatable bonds is 9. The molecule has 0 aliphatic carbocycles. The SMILES string of the molecule is COc1ccc(CN(c2cccc(F)n2)S(=O)(=O)c2c(F)cc(N3CCC(C4(C)CCCN4C)C3)c(Cl)c2F)c(OC)c1. The normalized spacial score (nSPS) is 20.9. The third-order valence-electron chi connectivity index (χ3n) is 8.87. The summed E-state index contributed by atoms with van der Waals surface area (Å²) in [7, 11) is -0.0980. The number of pyridine rings is 1. The van der Waals surface area contributed by atoms with Crippen molar-refractivity contribution in [3.05, 3.63) is 70.6 Å². The van der Waals surface area contributed by atoms with Crippen molar-refractivity contribution in [2.75, 3.05) is 50.1 Å². The summed E-state index contributed by atoms with van der Waals surface area (Å²) in [5, 5.41) is -0.500. The molecular formula is C30H34ClF3N4O4S. The minimum Gasteiger partial charge on any atom is -0.497 e. The zero-order valence-electron chi connectivity index (χ0n) is 24.4. The van der Waals surface area contributed by atoms with E-state index in [1.165, 1.54) is 38.5 Å². The first-order valence-electron chi connectivity index (χ1n) is 13.9.